The van der Waals surface area contributed by atoms with Gasteiger partial charge in [-0.2, -0.15) is 0 Å². The summed E-state index contributed by atoms with van der Waals surface area (Å²) in [5.74, 6) is -0.225. The summed E-state index contributed by atoms with van der Waals surface area (Å²) < 4.78 is 12.6. The molecule has 2 nitrogen and oxygen atoms in total. The fourth-order valence-electron chi connectivity index (χ4n) is 1.22. The van der Waals surface area contributed by atoms with E-state index >= 15 is 0 Å². The van der Waals surface area contributed by atoms with Crippen molar-refractivity contribution in [3.63, 3.8) is 0 Å². The summed E-state index contributed by atoms with van der Waals surface area (Å²) in [6.07, 6.45) is -0.363. The molecule has 78 valence electrons. The molecular weight excluding hydrogens is 181 g/mol. The van der Waals surface area contributed by atoms with Gasteiger partial charge in [0.1, 0.15) is 5.82 Å². The number of aliphatic hydroxyl groups excluding tert-OH is 1. The molecule has 0 amide bonds. The third-order valence-corrected chi connectivity index (χ3v) is 2.09. The van der Waals surface area contributed by atoms with Crippen LogP contribution in [0.4, 0.5) is 4.39 Å². The molecule has 14 heavy (non-hydrogen) atoms. The molecule has 0 heterocycles. The Balaban J connectivity index is 2.52. The van der Waals surface area contributed by atoms with Crippen molar-refractivity contribution >= 4 is 0 Å². The maximum absolute atomic E-state index is 12.6. The Hall–Kier alpha value is -0.930. The van der Waals surface area contributed by atoms with Gasteiger partial charge in [-0.3, -0.25) is 0 Å². The third-order valence-electron chi connectivity index (χ3n) is 2.09. The summed E-state index contributed by atoms with van der Waals surface area (Å²) in [6, 6.07) is 6.50. The number of nitrogens with one attached hydrogen (secondary N) is 1. The van der Waals surface area contributed by atoms with Crippen molar-refractivity contribution in [3.8, 4) is 0 Å². The Labute approximate surface area is 83.8 Å². The van der Waals surface area contributed by atoms with Gasteiger partial charge < -0.3 is 10.4 Å². The lowest BCUT2D eigenvalue weighted by Crippen LogP contribution is -2.27. The molecule has 1 aromatic rings. The molecule has 1 aromatic carbocycles. The minimum atomic E-state index is -0.363. The van der Waals surface area contributed by atoms with Gasteiger partial charge in [-0.25, -0.2) is 4.39 Å². The van der Waals surface area contributed by atoms with Gasteiger partial charge in [-0.1, -0.05) is 12.1 Å². The van der Waals surface area contributed by atoms with Crippen molar-refractivity contribution in [3.05, 3.63) is 35.6 Å². The van der Waals surface area contributed by atoms with E-state index in [1.54, 1.807) is 19.1 Å². The van der Waals surface area contributed by atoms with Crippen molar-refractivity contribution < 1.29 is 9.50 Å². The van der Waals surface area contributed by atoms with Crippen LogP contribution in [0.5, 0.6) is 0 Å². The van der Waals surface area contributed by atoms with Crippen LogP contribution in [0.25, 0.3) is 0 Å². The van der Waals surface area contributed by atoms with Gasteiger partial charge in [0.2, 0.25) is 0 Å². The molecular formula is C11H16FNO. The van der Waals surface area contributed by atoms with Crippen LogP contribution in [-0.2, 0) is 0 Å². The molecule has 0 saturated carbocycles. The third kappa shape index (κ3) is 3.44. The molecule has 0 aliphatic carbocycles. The summed E-state index contributed by atoms with van der Waals surface area (Å²) in [6.45, 7) is 4.25. The van der Waals surface area contributed by atoms with Crippen molar-refractivity contribution in [1.29, 1.82) is 0 Å². The number of halogens is 1. The number of aliphatic hydroxyl groups is 1. The highest BCUT2D eigenvalue weighted by molar-refractivity contribution is 5.19. The maximum Gasteiger partial charge on any atom is 0.123 e. The fourth-order valence-corrected chi connectivity index (χ4v) is 1.22. The lowest BCUT2D eigenvalue weighted by molar-refractivity contribution is 0.187. The molecule has 0 spiro atoms. The highest BCUT2D eigenvalue weighted by Gasteiger charge is 2.05. The fraction of sp³-hybridized carbons (Fsp3) is 0.455. The van der Waals surface area contributed by atoms with Crippen LogP contribution in [0.2, 0.25) is 0 Å². The number of benzene rings is 1. The molecule has 0 saturated heterocycles. The molecule has 2 N–H and O–H groups in total. The second-order valence-electron chi connectivity index (χ2n) is 3.53. The van der Waals surface area contributed by atoms with Crippen LogP contribution in [0.3, 0.4) is 0 Å². The van der Waals surface area contributed by atoms with Crippen molar-refractivity contribution in [1.82, 2.24) is 5.32 Å². The molecule has 0 bridgehead atoms. The Kier molecular flexibility index (Phi) is 4.04. The molecule has 0 aromatic heterocycles. The molecule has 0 aliphatic heterocycles. The maximum atomic E-state index is 12.6. The second-order valence-corrected chi connectivity index (χ2v) is 3.53. The number of hydrogen-bond acceptors (Lipinski definition) is 2. The Morgan fingerprint density at radius 1 is 1.29 bits per heavy atom. The Bertz CT molecular complexity index is 271. The van der Waals surface area contributed by atoms with Gasteiger partial charge >= 0.3 is 0 Å². The van der Waals surface area contributed by atoms with Gasteiger partial charge in [0.25, 0.3) is 0 Å². The first-order valence-electron chi connectivity index (χ1n) is 4.76. The summed E-state index contributed by atoms with van der Waals surface area (Å²) in [4.78, 5) is 0. The van der Waals surface area contributed by atoms with E-state index in [-0.39, 0.29) is 18.0 Å². The SMILES string of the molecule is C[C@H](O)CN[C@@H](C)c1ccc(F)cc1. The van der Waals surface area contributed by atoms with E-state index in [0.29, 0.717) is 6.54 Å². The predicted octanol–water partition coefficient (Wildman–Crippen LogP) is 1.86. The average molecular weight is 197 g/mol. The van der Waals surface area contributed by atoms with Crippen LogP contribution >= 0.6 is 0 Å². The van der Waals surface area contributed by atoms with Crippen molar-refractivity contribution in [2.24, 2.45) is 0 Å². The van der Waals surface area contributed by atoms with Crippen LogP contribution in [0.1, 0.15) is 25.5 Å². The number of hydrogen-bond donors (Lipinski definition) is 2. The predicted molar refractivity (Wildman–Crippen MR) is 54.5 cm³/mol. The van der Waals surface area contributed by atoms with Crippen LogP contribution in [0.15, 0.2) is 24.3 Å². The zero-order valence-electron chi connectivity index (χ0n) is 8.50. The minimum absolute atomic E-state index is 0.130. The topological polar surface area (TPSA) is 32.3 Å². The molecule has 0 aliphatic rings. The van der Waals surface area contributed by atoms with Crippen molar-refractivity contribution in [2.75, 3.05) is 6.54 Å². The molecule has 0 fully saturated rings. The van der Waals surface area contributed by atoms with Gasteiger partial charge in [-0.15, -0.1) is 0 Å². The van der Waals surface area contributed by atoms with Gasteiger partial charge in [0.15, 0.2) is 0 Å². The zero-order chi connectivity index (χ0) is 10.6. The van der Waals surface area contributed by atoms with E-state index in [1.165, 1.54) is 12.1 Å². The summed E-state index contributed by atoms with van der Waals surface area (Å²) in [5.41, 5.74) is 1.02. The Morgan fingerprint density at radius 3 is 2.36 bits per heavy atom. The molecule has 3 heteroatoms. The second kappa shape index (κ2) is 5.08. The summed E-state index contributed by atoms with van der Waals surface area (Å²) in [5, 5.41) is 12.2. The lowest BCUT2D eigenvalue weighted by atomic mass is 10.1. The molecule has 1 rings (SSSR count). The van der Waals surface area contributed by atoms with Crippen molar-refractivity contribution in [2.45, 2.75) is 26.0 Å². The van der Waals surface area contributed by atoms with E-state index in [9.17, 15) is 4.39 Å². The first-order chi connectivity index (χ1) is 6.59. The lowest BCUT2D eigenvalue weighted by Gasteiger charge is -2.15. The molecule has 0 radical (unpaired) electrons. The molecule has 0 unspecified atom stereocenters. The Morgan fingerprint density at radius 2 is 1.86 bits per heavy atom. The highest BCUT2D eigenvalue weighted by Crippen LogP contribution is 2.12. The monoisotopic (exact) mass is 197 g/mol. The first-order valence-corrected chi connectivity index (χ1v) is 4.76. The largest absolute Gasteiger partial charge is 0.392 e. The van der Waals surface area contributed by atoms with Crippen LogP contribution in [-0.4, -0.2) is 17.8 Å². The van der Waals surface area contributed by atoms with E-state index < -0.39 is 0 Å². The minimum Gasteiger partial charge on any atom is -0.392 e. The van der Waals surface area contributed by atoms with E-state index in [4.69, 9.17) is 5.11 Å². The normalized spacial score (nSPS) is 15.1. The first kappa shape index (κ1) is 11.1. The van der Waals surface area contributed by atoms with E-state index in [0.717, 1.165) is 5.56 Å². The van der Waals surface area contributed by atoms with Crippen LogP contribution in [0, 0.1) is 5.82 Å². The van der Waals surface area contributed by atoms with E-state index in [1.807, 2.05) is 6.92 Å². The highest BCUT2D eigenvalue weighted by atomic mass is 19.1. The zero-order valence-corrected chi connectivity index (χ0v) is 8.50. The van der Waals surface area contributed by atoms with Gasteiger partial charge in [0.05, 0.1) is 6.10 Å². The number of rotatable bonds is 4. The van der Waals surface area contributed by atoms with Gasteiger partial charge in [-0.05, 0) is 31.5 Å². The molecule has 2 atom stereocenters. The van der Waals surface area contributed by atoms with Crippen LogP contribution < -0.4 is 5.32 Å². The quantitative estimate of drug-likeness (QED) is 0.772. The summed E-state index contributed by atoms with van der Waals surface area (Å²) in [7, 11) is 0. The smallest absolute Gasteiger partial charge is 0.123 e. The van der Waals surface area contributed by atoms with E-state index in [2.05, 4.69) is 5.32 Å². The average Bonchev–Trinajstić information content (AvgIpc) is 2.15. The summed E-state index contributed by atoms with van der Waals surface area (Å²) >= 11 is 0. The standard InChI is InChI=1S/C11H16FNO/c1-8(14)7-13-9(2)10-3-5-11(12)6-4-10/h3-6,8-9,13-14H,7H2,1-2H3/t8-,9-/m0/s1. The van der Waals surface area contributed by atoms with Gasteiger partial charge in [0, 0.05) is 12.6 Å².